The monoisotopic (exact) mass is 810 g/mol. The van der Waals surface area contributed by atoms with Crippen LogP contribution in [0.25, 0.3) is 50.4 Å². The molecule has 0 bridgehead atoms. The lowest BCUT2D eigenvalue weighted by atomic mass is 10.3. The molecule has 0 saturated heterocycles. The third kappa shape index (κ3) is 7.26. The maximum Gasteiger partial charge on any atom is 0.385 e. The molecule has 4 heterocycles. The zero-order chi connectivity index (χ0) is 30.9. The molecule has 0 amide bonds. The van der Waals surface area contributed by atoms with Crippen LogP contribution < -0.4 is 64.6 Å². The van der Waals surface area contributed by atoms with Crippen LogP contribution in [-0.4, -0.2) is 46.4 Å². The number of carboxylic acid groups (broad SMARTS) is 3. The number of aliphatic carboxylic acids is 3. The summed E-state index contributed by atoms with van der Waals surface area (Å²) >= 11 is 0. The molecule has 0 saturated carbocycles. The molecule has 0 spiro atoms. The molecule has 240 valence electrons. The lowest BCUT2D eigenvalue weighted by molar-refractivity contribution is -0.632. The van der Waals surface area contributed by atoms with Gasteiger partial charge in [0.15, 0.2) is 16.6 Å². The van der Waals surface area contributed by atoms with Crippen LogP contribution in [0.3, 0.4) is 0 Å². The Hall–Kier alpha value is -4.08. The summed E-state index contributed by atoms with van der Waals surface area (Å²) in [4.78, 5) is 27.0. The highest BCUT2D eigenvalue weighted by Crippen LogP contribution is 2.25. The van der Waals surface area contributed by atoms with E-state index < -0.39 is 17.9 Å². The Bertz CT molecular complexity index is 1880. The van der Waals surface area contributed by atoms with Crippen LogP contribution in [0, 0.1) is 0 Å². The molecule has 0 radical (unpaired) electrons. The van der Waals surface area contributed by atoms with Gasteiger partial charge in [-0.15, -0.1) is 13.2 Å². The van der Waals surface area contributed by atoms with Gasteiger partial charge in [0.2, 0.25) is 0 Å². The van der Waals surface area contributed by atoms with Crippen molar-refractivity contribution in [3.63, 3.8) is 0 Å². The Morgan fingerprint density at radius 2 is 0.644 bits per heavy atom. The molecule has 0 aliphatic rings. The highest BCUT2D eigenvalue weighted by Gasteiger charge is 2.34. The van der Waals surface area contributed by atoms with Crippen molar-refractivity contribution in [2.75, 3.05) is 0 Å². The number of carbonyl (C=O) groups is 3. The van der Waals surface area contributed by atoms with Crippen LogP contribution in [0.15, 0.2) is 72.8 Å². The Morgan fingerprint density at radius 3 is 0.844 bits per heavy atom. The van der Waals surface area contributed by atoms with Crippen molar-refractivity contribution in [3.8, 4) is 0 Å². The zero-order valence-electron chi connectivity index (χ0n) is 25.3. The van der Waals surface area contributed by atoms with Crippen LogP contribution in [0.4, 0.5) is 0 Å². The summed E-state index contributed by atoms with van der Waals surface area (Å²) in [6, 6.07) is 25.9. The van der Waals surface area contributed by atoms with Gasteiger partial charge in [-0.05, 0) is 36.4 Å². The molecular weight excluding hydrogens is 780 g/mol. The van der Waals surface area contributed by atoms with Gasteiger partial charge in [0.1, 0.15) is 16.6 Å². The van der Waals surface area contributed by atoms with Crippen LogP contribution in [0.2, 0.25) is 0 Å². The largest absolute Gasteiger partial charge is 1.00 e. The predicted molar refractivity (Wildman–Crippen MR) is 155 cm³/mol. The van der Waals surface area contributed by atoms with Gasteiger partial charge in [-0.2, -0.15) is 0 Å². The molecule has 3 aromatic carbocycles. The van der Waals surface area contributed by atoms with E-state index in [9.17, 15) is 0 Å². The van der Waals surface area contributed by atoms with Gasteiger partial charge in [0, 0.05) is 20.8 Å². The highest BCUT2D eigenvalue weighted by molar-refractivity contribution is 5.85. The average molecular weight is 813 g/mol. The van der Waals surface area contributed by atoms with E-state index in [4.69, 9.17) is 29.7 Å². The molecule has 0 unspecified atom stereocenters. The van der Waals surface area contributed by atoms with Crippen LogP contribution >= 0.6 is 0 Å². The van der Waals surface area contributed by atoms with E-state index in [2.05, 4.69) is 121 Å². The normalized spacial score (nSPS) is 10.0. The Balaban J connectivity index is 0.000000589. The lowest BCUT2D eigenvalue weighted by Gasteiger charge is -1.98. The molecule has 7 aromatic rings. The molecule has 0 atom stereocenters. The summed E-state index contributed by atoms with van der Waals surface area (Å²) in [5.74, 6) is 0.900. The number of hydrogen-bond acceptors (Lipinski definition) is 3. The molecule has 45 heavy (non-hydrogen) atoms. The summed E-state index contributed by atoms with van der Waals surface area (Å²) in [5.41, 5.74) is 7.20. The molecule has 0 aliphatic carbocycles. The summed E-state index contributed by atoms with van der Waals surface area (Å²) in [6.07, 6.45) is 0. The number of hydrogen-bond donors (Lipinski definition) is 3. The van der Waals surface area contributed by atoms with Crippen LogP contribution in [-0.2, 0) is 35.5 Å². The summed E-state index contributed by atoms with van der Waals surface area (Å²) in [7, 11) is 6.47. The number of imidazole rings is 3. The fourth-order valence-corrected chi connectivity index (χ4v) is 5.25. The first-order valence-electron chi connectivity index (χ1n) is 13.0. The van der Waals surface area contributed by atoms with Gasteiger partial charge in [-0.1, -0.05) is 36.4 Å². The van der Waals surface area contributed by atoms with Crippen molar-refractivity contribution in [2.24, 2.45) is 21.1 Å². The quantitative estimate of drug-likeness (QED) is 0.131. The second-order valence-corrected chi connectivity index (χ2v) is 9.61. The average Bonchev–Trinajstić information content (AvgIpc) is 3.50. The Kier molecular flexibility index (Phi) is 13.6. The van der Waals surface area contributed by atoms with Gasteiger partial charge < -0.3 is 66.3 Å². The Morgan fingerprint density at radius 1 is 0.467 bits per heavy atom. The fourth-order valence-electron chi connectivity index (χ4n) is 5.25. The van der Waals surface area contributed by atoms with Gasteiger partial charge in [-0.3, -0.25) is 14.4 Å². The molecule has 0 aliphatic heterocycles. The van der Waals surface area contributed by atoms with Crippen LogP contribution in [0.1, 0.15) is 20.8 Å². The molecule has 15 heteroatoms. The van der Waals surface area contributed by atoms with Crippen molar-refractivity contribution in [3.05, 3.63) is 72.8 Å². The van der Waals surface area contributed by atoms with Crippen molar-refractivity contribution in [2.45, 2.75) is 20.8 Å². The SMILES string of the molecule is CC(=O)O.CC(=O)O.CC(=O)O.C[n+]1c2ccccc2n2c1n1c3ccccc3[n+](C)c1n1c3ccccc3[n+](C)c21.[Br-].[Br-].[Br-]. The molecule has 3 N–H and O–H groups in total. The number of halogens is 3. The van der Waals surface area contributed by atoms with Gasteiger partial charge in [0.05, 0.1) is 21.1 Å². The first-order chi connectivity index (χ1) is 19.9. The number of fused-ring (bicyclic) bond motifs is 12. The number of aromatic nitrogens is 6. The maximum absolute atomic E-state index is 9.00. The van der Waals surface area contributed by atoms with E-state index in [1.54, 1.807) is 0 Å². The summed E-state index contributed by atoms with van der Waals surface area (Å²) in [6.45, 7) is 3.25. The topological polar surface area (TPSA) is 137 Å². The second-order valence-electron chi connectivity index (χ2n) is 9.61. The fraction of sp³-hybridized carbons (Fsp3) is 0.200. The number of carboxylic acids is 3. The number of nitrogens with zero attached hydrogens (tertiary/aromatic N) is 6. The molecule has 4 aromatic heterocycles. The standard InChI is InChI=1S/C24H21N6.3C2H4O2.3BrH/c1-25-16-10-4-7-13-19(16)28-22(25)29-20-14-8-5-11-17(20)26(2)24(29)30-21-15-9-6-12-18(21)27(3)23(28)30;3*1-2(3)4;;;/h4-15H,1-3H3;3*1H3,(H,3,4);3*1H/q+3;;;;;;/p-3. The van der Waals surface area contributed by atoms with E-state index in [0.717, 1.165) is 38.1 Å². The number of benzene rings is 3. The molecular formula is C30H33Br3N6O6. The van der Waals surface area contributed by atoms with E-state index in [-0.39, 0.29) is 50.9 Å². The van der Waals surface area contributed by atoms with E-state index in [1.807, 2.05) is 0 Å². The third-order valence-electron chi connectivity index (χ3n) is 6.55. The van der Waals surface area contributed by atoms with Gasteiger partial charge in [0.25, 0.3) is 17.9 Å². The Labute approximate surface area is 289 Å². The molecule has 0 fully saturated rings. The van der Waals surface area contributed by atoms with Gasteiger partial charge >= 0.3 is 17.3 Å². The minimum atomic E-state index is -0.833. The highest BCUT2D eigenvalue weighted by atomic mass is 79.9. The first-order valence-corrected chi connectivity index (χ1v) is 13.0. The van der Waals surface area contributed by atoms with Gasteiger partial charge in [-0.25, -0.2) is 13.7 Å². The second kappa shape index (κ2) is 15.8. The molecule has 7 rings (SSSR count). The zero-order valence-corrected chi connectivity index (χ0v) is 30.1. The summed E-state index contributed by atoms with van der Waals surface area (Å²) < 4.78 is 14.0. The number of aryl methyl sites for hydroxylation is 3. The minimum Gasteiger partial charge on any atom is -1.00 e. The van der Waals surface area contributed by atoms with Crippen molar-refractivity contribution in [1.29, 1.82) is 0 Å². The lowest BCUT2D eigenvalue weighted by Crippen LogP contribution is -3.00. The van der Waals surface area contributed by atoms with E-state index in [1.165, 1.54) is 33.1 Å². The van der Waals surface area contributed by atoms with Crippen molar-refractivity contribution in [1.82, 2.24) is 13.2 Å². The predicted octanol–water partition coefficient (Wildman–Crippen LogP) is -6.34. The van der Waals surface area contributed by atoms with E-state index >= 15 is 0 Å². The molecule has 12 nitrogen and oxygen atoms in total. The number of rotatable bonds is 0. The van der Waals surface area contributed by atoms with Crippen LogP contribution in [0.5, 0.6) is 0 Å². The number of para-hydroxylation sites is 6. The van der Waals surface area contributed by atoms with Crippen molar-refractivity contribution >= 4 is 68.3 Å². The maximum atomic E-state index is 9.00. The summed E-state index contributed by atoms with van der Waals surface area (Å²) in [5, 5.41) is 22.2. The third-order valence-corrected chi connectivity index (χ3v) is 6.55. The smallest absolute Gasteiger partial charge is 0.385 e. The van der Waals surface area contributed by atoms with E-state index in [0.29, 0.717) is 0 Å². The first kappa shape index (κ1) is 38.9. The minimum absolute atomic E-state index is 0. The van der Waals surface area contributed by atoms with Crippen molar-refractivity contribution < 1.29 is 94.3 Å².